The van der Waals surface area contributed by atoms with Gasteiger partial charge in [0.2, 0.25) is 0 Å². The van der Waals surface area contributed by atoms with E-state index in [1.807, 2.05) is 26.0 Å². The molecule has 0 saturated carbocycles. The van der Waals surface area contributed by atoms with Crippen molar-refractivity contribution in [3.8, 4) is 0 Å². The van der Waals surface area contributed by atoms with Crippen molar-refractivity contribution in [2.75, 3.05) is 0 Å². The lowest BCUT2D eigenvalue weighted by atomic mass is 10.1. The molecule has 1 aromatic carbocycles. The molecule has 1 aromatic heterocycles. The van der Waals surface area contributed by atoms with Gasteiger partial charge in [-0.3, -0.25) is 4.79 Å². The molecule has 1 amide bonds. The van der Waals surface area contributed by atoms with Crippen LogP contribution in [0.2, 0.25) is 0 Å². The maximum absolute atomic E-state index is 12.0. The Labute approximate surface area is 125 Å². The molecule has 0 unspecified atom stereocenters. The summed E-state index contributed by atoms with van der Waals surface area (Å²) in [7, 11) is 0. The number of nitrogens with one attached hydrogen (secondary N) is 1. The summed E-state index contributed by atoms with van der Waals surface area (Å²) in [4.78, 5) is 17.0. The summed E-state index contributed by atoms with van der Waals surface area (Å²) >= 11 is 4.84. The Balaban J connectivity index is 1.98. The standard InChI is InChI=1S/C14H15BrN2OS/c1-9-13(19-10(2)17-9)14(18)16-8-12-5-3-11(7-15)4-6-12/h3-6H,7-8H2,1-2H3,(H,16,18). The largest absolute Gasteiger partial charge is 0.347 e. The summed E-state index contributed by atoms with van der Waals surface area (Å²) in [5.41, 5.74) is 3.12. The van der Waals surface area contributed by atoms with Gasteiger partial charge in [-0.05, 0) is 25.0 Å². The molecule has 0 saturated heterocycles. The number of aromatic nitrogens is 1. The molecule has 0 atom stereocenters. The highest BCUT2D eigenvalue weighted by atomic mass is 79.9. The van der Waals surface area contributed by atoms with Crippen molar-refractivity contribution >= 4 is 33.2 Å². The smallest absolute Gasteiger partial charge is 0.263 e. The van der Waals surface area contributed by atoms with Gasteiger partial charge < -0.3 is 5.32 Å². The van der Waals surface area contributed by atoms with Crippen LogP contribution in [0.4, 0.5) is 0 Å². The normalized spacial score (nSPS) is 10.5. The Bertz CT molecular complexity index is 578. The van der Waals surface area contributed by atoms with Gasteiger partial charge in [-0.2, -0.15) is 0 Å². The second-order valence-corrected chi connectivity index (χ2v) is 6.04. The van der Waals surface area contributed by atoms with Gasteiger partial charge in [-0.15, -0.1) is 11.3 Å². The number of alkyl halides is 1. The fraction of sp³-hybridized carbons (Fsp3) is 0.286. The molecule has 0 fully saturated rings. The molecular formula is C14H15BrN2OS. The van der Waals surface area contributed by atoms with Gasteiger partial charge in [-0.25, -0.2) is 4.98 Å². The number of benzene rings is 1. The fourth-order valence-electron chi connectivity index (χ4n) is 1.75. The van der Waals surface area contributed by atoms with E-state index in [-0.39, 0.29) is 5.91 Å². The van der Waals surface area contributed by atoms with Crippen molar-refractivity contribution in [3.63, 3.8) is 0 Å². The van der Waals surface area contributed by atoms with Crippen molar-refractivity contribution < 1.29 is 4.79 Å². The van der Waals surface area contributed by atoms with Crippen molar-refractivity contribution in [1.82, 2.24) is 10.3 Å². The third-order valence-corrected chi connectivity index (χ3v) is 4.46. The van der Waals surface area contributed by atoms with Crippen LogP contribution in [0.15, 0.2) is 24.3 Å². The summed E-state index contributed by atoms with van der Waals surface area (Å²) in [5.74, 6) is -0.0485. The van der Waals surface area contributed by atoms with Gasteiger partial charge in [0.1, 0.15) is 4.88 Å². The van der Waals surface area contributed by atoms with Crippen LogP contribution in [0, 0.1) is 13.8 Å². The first kappa shape index (κ1) is 14.2. The number of hydrogen-bond acceptors (Lipinski definition) is 3. The van der Waals surface area contributed by atoms with Gasteiger partial charge >= 0.3 is 0 Å². The van der Waals surface area contributed by atoms with Gasteiger partial charge in [0.05, 0.1) is 10.7 Å². The van der Waals surface area contributed by atoms with E-state index in [0.717, 1.165) is 21.6 Å². The summed E-state index contributed by atoms with van der Waals surface area (Å²) in [6.45, 7) is 4.31. The Morgan fingerprint density at radius 2 is 1.89 bits per heavy atom. The average Bonchev–Trinajstić information content (AvgIpc) is 2.75. The topological polar surface area (TPSA) is 42.0 Å². The molecule has 19 heavy (non-hydrogen) atoms. The van der Waals surface area contributed by atoms with Crippen molar-refractivity contribution in [2.24, 2.45) is 0 Å². The monoisotopic (exact) mass is 338 g/mol. The van der Waals surface area contributed by atoms with Crippen LogP contribution in [-0.2, 0) is 11.9 Å². The number of carbonyl (C=O) groups excluding carboxylic acids is 1. The lowest BCUT2D eigenvalue weighted by Gasteiger charge is -2.05. The van der Waals surface area contributed by atoms with Gasteiger partial charge in [0, 0.05) is 11.9 Å². The highest BCUT2D eigenvalue weighted by Gasteiger charge is 2.13. The second kappa shape index (κ2) is 6.30. The minimum absolute atomic E-state index is 0.0485. The van der Waals surface area contributed by atoms with Crippen LogP contribution in [0.25, 0.3) is 0 Å². The Morgan fingerprint density at radius 3 is 2.42 bits per heavy atom. The lowest BCUT2D eigenvalue weighted by Crippen LogP contribution is -2.22. The second-order valence-electron chi connectivity index (χ2n) is 4.28. The Kier molecular flexibility index (Phi) is 4.71. The van der Waals surface area contributed by atoms with Crippen LogP contribution in [0.3, 0.4) is 0 Å². The molecule has 2 rings (SSSR count). The maximum atomic E-state index is 12.0. The zero-order valence-electron chi connectivity index (χ0n) is 10.9. The van der Waals surface area contributed by atoms with E-state index in [2.05, 4.69) is 38.4 Å². The zero-order chi connectivity index (χ0) is 13.8. The number of amides is 1. The summed E-state index contributed by atoms with van der Waals surface area (Å²) in [6.07, 6.45) is 0. The van der Waals surface area contributed by atoms with Crippen molar-refractivity contribution in [1.29, 1.82) is 0 Å². The predicted octanol–water partition coefficient (Wildman–Crippen LogP) is 3.58. The van der Waals surface area contributed by atoms with E-state index in [1.54, 1.807) is 0 Å². The molecule has 2 aromatic rings. The number of halogens is 1. The minimum atomic E-state index is -0.0485. The third kappa shape index (κ3) is 3.64. The summed E-state index contributed by atoms with van der Waals surface area (Å²) in [5, 5.41) is 4.69. The molecule has 0 aliphatic heterocycles. The number of hydrogen-bond donors (Lipinski definition) is 1. The first-order valence-corrected chi connectivity index (χ1v) is 7.90. The molecule has 1 N–H and O–H groups in total. The molecule has 5 heteroatoms. The Morgan fingerprint density at radius 1 is 1.26 bits per heavy atom. The molecule has 0 spiro atoms. The van der Waals surface area contributed by atoms with Crippen LogP contribution >= 0.6 is 27.3 Å². The molecule has 3 nitrogen and oxygen atoms in total. The molecule has 100 valence electrons. The van der Waals surface area contributed by atoms with Crippen LogP contribution in [0.5, 0.6) is 0 Å². The van der Waals surface area contributed by atoms with E-state index in [9.17, 15) is 4.79 Å². The van der Waals surface area contributed by atoms with Gasteiger partial charge in [0.15, 0.2) is 0 Å². The van der Waals surface area contributed by atoms with E-state index >= 15 is 0 Å². The first-order chi connectivity index (χ1) is 9.10. The quantitative estimate of drug-likeness (QED) is 0.865. The molecule has 0 bridgehead atoms. The number of nitrogens with zero attached hydrogens (tertiary/aromatic N) is 1. The SMILES string of the molecule is Cc1nc(C)c(C(=O)NCc2ccc(CBr)cc2)s1. The number of thiazole rings is 1. The van der Waals surface area contributed by atoms with E-state index in [1.165, 1.54) is 16.9 Å². The van der Waals surface area contributed by atoms with Gasteiger partial charge in [0.25, 0.3) is 5.91 Å². The minimum Gasteiger partial charge on any atom is -0.347 e. The van der Waals surface area contributed by atoms with E-state index in [4.69, 9.17) is 0 Å². The highest BCUT2D eigenvalue weighted by molar-refractivity contribution is 9.08. The number of carbonyl (C=O) groups is 1. The average molecular weight is 339 g/mol. The van der Waals surface area contributed by atoms with Crippen LogP contribution in [-0.4, -0.2) is 10.9 Å². The zero-order valence-corrected chi connectivity index (χ0v) is 13.3. The Hall–Kier alpha value is -1.20. The van der Waals surface area contributed by atoms with Crippen LogP contribution < -0.4 is 5.32 Å². The predicted molar refractivity (Wildman–Crippen MR) is 81.8 cm³/mol. The third-order valence-electron chi connectivity index (χ3n) is 2.74. The molecular weight excluding hydrogens is 324 g/mol. The maximum Gasteiger partial charge on any atom is 0.263 e. The first-order valence-electron chi connectivity index (χ1n) is 5.96. The van der Waals surface area contributed by atoms with E-state index in [0.29, 0.717) is 11.4 Å². The summed E-state index contributed by atoms with van der Waals surface area (Å²) in [6, 6.07) is 8.17. The van der Waals surface area contributed by atoms with Crippen molar-refractivity contribution in [2.45, 2.75) is 25.7 Å². The highest BCUT2D eigenvalue weighted by Crippen LogP contribution is 2.17. The fourth-order valence-corrected chi connectivity index (χ4v) is 2.96. The van der Waals surface area contributed by atoms with Crippen molar-refractivity contribution in [3.05, 3.63) is 51.0 Å². The number of rotatable bonds is 4. The molecule has 0 aliphatic carbocycles. The van der Waals surface area contributed by atoms with Crippen LogP contribution in [0.1, 0.15) is 31.5 Å². The molecule has 0 aliphatic rings. The molecule has 0 radical (unpaired) electrons. The van der Waals surface area contributed by atoms with E-state index < -0.39 is 0 Å². The molecule has 1 heterocycles. The van der Waals surface area contributed by atoms with Gasteiger partial charge in [-0.1, -0.05) is 40.2 Å². The summed E-state index contributed by atoms with van der Waals surface area (Å²) < 4.78 is 0. The number of aryl methyl sites for hydroxylation is 2. The lowest BCUT2D eigenvalue weighted by molar-refractivity contribution is 0.0954.